The van der Waals surface area contributed by atoms with E-state index in [4.69, 9.17) is 4.84 Å². The molecule has 1 aliphatic heterocycles. The van der Waals surface area contributed by atoms with Crippen LogP contribution >= 0.6 is 11.3 Å². The van der Waals surface area contributed by atoms with Gasteiger partial charge in [0.15, 0.2) is 0 Å². The van der Waals surface area contributed by atoms with Gasteiger partial charge in [0.05, 0.1) is 17.3 Å². The monoisotopic (exact) mass is 463 g/mol. The van der Waals surface area contributed by atoms with Crippen LogP contribution in [0.4, 0.5) is 18.9 Å². The lowest BCUT2D eigenvalue weighted by molar-refractivity contribution is -0.257. The van der Waals surface area contributed by atoms with Gasteiger partial charge < -0.3 is 0 Å². The second-order valence-electron chi connectivity index (χ2n) is 7.81. The van der Waals surface area contributed by atoms with Crippen molar-refractivity contribution in [1.82, 2.24) is 0 Å². The summed E-state index contributed by atoms with van der Waals surface area (Å²) in [6, 6.07) is 28.2. The molecule has 0 spiro atoms. The summed E-state index contributed by atoms with van der Waals surface area (Å²) < 4.78 is 45.4. The minimum absolute atomic E-state index is 0.372. The van der Waals surface area contributed by atoms with Crippen molar-refractivity contribution in [2.75, 3.05) is 5.06 Å². The summed E-state index contributed by atoms with van der Waals surface area (Å²) in [6.07, 6.45) is -3.46. The van der Waals surface area contributed by atoms with E-state index in [-0.39, 0.29) is 0 Å². The van der Waals surface area contributed by atoms with Crippen LogP contribution < -0.4 is 5.06 Å². The zero-order valence-corrected chi connectivity index (χ0v) is 18.3. The standard InChI is InChI=1S/C27H20F3NOS/c28-27(29,30)26(25(20-10-4-1-5-11-20)21-12-6-2-7-13-21)18-24(22-16-17-33-19-22)31(32-26)23-14-8-3-9-15-23/h1-19,25H. The van der Waals surface area contributed by atoms with Crippen LogP contribution in [-0.4, -0.2) is 11.8 Å². The molecule has 1 aliphatic rings. The number of anilines is 1. The molecule has 33 heavy (non-hydrogen) atoms. The van der Waals surface area contributed by atoms with Gasteiger partial charge >= 0.3 is 6.18 Å². The van der Waals surface area contributed by atoms with Gasteiger partial charge in [-0.05, 0) is 40.8 Å². The van der Waals surface area contributed by atoms with Crippen LogP contribution in [0.3, 0.4) is 0 Å². The average Bonchev–Trinajstić information content (AvgIpc) is 3.50. The van der Waals surface area contributed by atoms with Gasteiger partial charge in [-0.15, -0.1) is 0 Å². The number of benzene rings is 3. The van der Waals surface area contributed by atoms with Gasteiger partial charge in [-0.2, -0.15) is 24.5 Å². The molecule has 0 radical (unpaired) electrons. The second kappa shape index (κ2) is 8.54. The first kappa shape index (κ1) is 21.5. The molecule has 2 heterocycles. The minimum atomic E-state index is -4.70. The summed E-state index contributed by atoms with van der Waals surface area (Å²) >= 11 is 1.43. The van der Waals surface area contributed by atoms with Crippen LogP contribution in [-0.2, 0) is 4.84 Å². The second-order valence-corrected chi connectivity index (χ2v) is 8.59. The SMILES string of the molecule is FC(F)(F)C1(C(c2ccccc2)c2ccccc2)C=C(c2ccsc2)N(c2ccccc2)O1. The molecule has 0 saturated carbocycles. The van der Waals surface area contributed by atoms with Crippen LogP contribution in [0.2, 0.25) is 0 Å². The Bertz CT molecular complexity index is 1190. The van der Waals surface area contributed by atoms with Crippen molar-refractivity contribution in [2.24, 2.45) is 0 Å². The molecule has 1 aromatic heterocycles. The number of thiophene rings is 1. The van der Waals surface area contributed by atoms with Crippen molar-refractivity contribution < 1.29 is 18.0 Å². The summed E-state index contributed by atoms with van der Waals surface area (Å²) in [4.78, 5) is 6.03. The van der Waals surface area contributed by atoms with Crippen molar-refractivity contribution in [2.45, 2.75) is 17.7 Å². The maximum atomic E-state index is 15.1. The Morgan fingerprint density at radius 2 is 1.30 bits per heavy atom. The van der Waals surface area contributed by atoms with Crippen molar-refractivity contribution in [1.29, 1.82) is 0 Å². The summed E-state index contributed by atoms with van der Waals surface area (Å²) in [5.41, 5.74) is 0.0177. The molecule has 0 amide bonds. The van der Waals surface area contributed by atoms with E-state index in [2.05, 4.69) is 0 Å². The number of halogens is 3. The lowest BCUT2D eigenvalue weighted by Gasteiger charge is -2.38. The molecule has 0 fully saturated rings. The van der Waals surface area contributed by atoms with Crippen LogP contribution in [0.1, 0.15) is 22.6 Å². The molecule has 1 unspecified atom stereocenters. The van der Waals surface area contributed by atoms with Crippen molar-refractivity contribution in [3.05, 3.63) is 131 Å². The Morgan fingerprint density at radius 3 is 1.79 bits per heavy atom. The fraction of sp³-hybridized carbons (Fsp3) is 0.111. The third kappa shape index (κ3) is 3.86. The summed E-state index contributed by atoms with van der Waals surface area (Å²) in [5.74, 6) is -1.11. The Morgan fingerprint density at radius 1 is 0.758 bits per heavy atom. The number of hydroxylamine groups is 1. The highest BCUT2D eigenvalue weighted by Gasteiger charge is 2.65. The molecule has 1 atom stereocenters. The van der Waals surface area contributed by atoms with E-state index in [1.54, 1.807) is 84.9 Å². The molecule has 0 aliphatic carbocycles. The maximum absolute atomic E-state index is 15.1. The first-order valence-corrected chi connectivity index (χ1v) is 11.4. The van der Waals surface area contributed by atoms with Crippen molar-refractivity contribution in [3.8, 4) is 0 Å². The Balaban J connectivity index is 1.76. The molecule has 3 aromatic carbocycles. The van der Waals surface area contributed by atoms with Gasteiger partial charge in [0.25, 0.3) is 0 Å². The highest BCUT2D eigenvalue weighted by Crippen LogP contribution is 2.54. The van der Waals surface area contributed by atoms with Crippen molar-refractivity contribution in [3.63, 3.8) is 0 Å². The largest absolute Gasteiger partial charge is 0.424 e. The number of hydrogen-bond donors (Lipinski definition) is 0. The molecule has 0 N–H and O–H groups in total. The lowest BCUT2D eigenvalue weighted by Crippen LogP contribution is -2.51. The number of alkyl halides is 3. The predicted octanol–water partition coefficient (Wildman–Crippen LogP) is 7.67. The van der Waals surface area contributed by atoms with Gasteiger partial charge in [0, 0.05) is 10.9 Å². The summed E-state index contributed by atoms with van der Waals surface area (Å²) in [7, 11) is 0. The normalized spacial score (nSPS) is 18.5. The molecule has 4 aromatic rings. The third-order valence-electron chi connectivity index (χ3n) is 5.76. The highest BCUT2D eigenvalue weighted by molar-refractivity contribution is 7.08. The van der Waals surface area contributed by atoms with Gasteiger partial charge in [-0.3, -0.25) is 0 Å². The highest BCUT2D eigenvalue weighted by atomic mass is 32.1. The molecule has 5 rings (SSSR count). The van der Waals surface area contributed by atoms with Gasteiger partial charge in [-0.25, -0.2) is 9.90 Å². The quantitative estimate of drug-likeness (QED) is 0.301. The Hall–Kier alpha value is -3.35. The molecule has 6 heteroatoms. The van der Waals surface area contributed by atoms with E-state index in [0.29, 0.717) is 28.1 Å². The number of para-hydroxylation sites is 1. The van der Waals surface area contributed by atoms with E-state index in [0.717, 1.165) is 0 Å². The average molecular weight is 464 g/mol. The molecular formula is C27H20F3NOS. The summed E-state index contributed by atoms with van der Waals surface area (Å²) in [6.45, 7) is 0. The molecule has 0 saturated heterocycles. The Kier molecular flexibility index (Phi) is 5.56. The van der Waals surface area contributed by atoms with Gasteiger partial charge in [0.1, 0.15) is 0 Å². The number of hydrogen-bond acceptors (Lipinski definition) is 3. The van der Waals surface area contributed by atoms with Crippen LogP contribution in [0, 0.1) is 0 Å². The minimum Gasteiger partial charge on any atom is -0.247 e. The zero-order chi connectivity index (χ0) is 22.9. The molecule has 0 bridgehead atoms. The summed E-state index contributed by atoms with van der Waals surface area (Å²) in [5, 5.41) is 4.99. The van der Waals surface area contributed by atoms with Gasteiger partial charge in [0.2, 0.25) is 5.60 Å². The molecular weight excluding hydrogens is 443 g/mol. The molecule has 2 nitrogen and oxygen atoms in total. The van der Waals surface area contributed by atoms with E-state index in [9.17, 15) is 0 Å². The van der Waals surface area contributed by atoms with E-state index >= 15 is 13.2 Å². The van der Waals surface area contributed by atoms with Crippen LogP contribution in [0.15, 0.2) is 114 Å². The van der Waals surface area contributed by atoms with Crippen LogP contribution in [0.25, 0.3) is 5.70 Å². The van der Waals surface area contributed by atoms with E-state index in [1.807, 2.05) is 22.9 Å². The first-order valence-electron chi connectivity index (χ1n) is 10.5. The van der Waals surface area contributed by atoms with Crippen LogP contribution in [0.5, 0.6) is 0 Å². The third-order valence-corrected chi connectivity index (χ3v) is 6.44. The predicted molar refractivity (Wildman–Crippen MR) is 126 cm³/mol. The van der Waals surface area contributed by atoms with Crippen molar-refractivity contribution >= 4 is 22.7 Å². The fourth-order valence-electron chi connectivity index (χ4n) is 4.27. The first-order chi connectivity index (χ1) is 16.0. The lowest BCUT2D eigenvalue weighted by atomic mass is 9.76. The number of rotatable bonds is 5. The smallest absolute Gasteiger partial charge is 0.247 e. The molecule has 166 valence electrons. The topological polar surface area (TPSA) is 12.5 Å². The van der Waals surface area contributed by atoms with E-state index in [1.165, 1.54) is 22.5 Å². The number of nitrogens with zero attached hydrogens (tertiary/aromatic N) is 1. The zero-order valence-electron chi connectivity index (χ0n) is 17.4. The van der Waals surface area contributed by atoms with Gasteiger partial charge in [-0.1, -0.05) is 78.9 Å². The maximum Gasteiger partial charge on any atom is 0.424 e. The fourth-order valence-corrected chi connectivity index (χ4v) is 4.92. The van der Waals surface area contributed by atoms with E-state index < -0.39 is 17.7 Å². The Labute approximate surface area is 194 Å².